The summed E-state index contributed by atoms with van der Waals surface area (Å²) in [6.07, 6.45) is 5.25. The smallest absolute Gasteiger partial charge is 0.147 e. The molecule has 3 heteroatoms. The maximum Gasteiger partial charge on any atom is 0.147 e. The summed E-state index contributed by atoms with van der Waals surface area (Å²) in [6.45, 7) is 6.44. The Morgan fingerprint density at radius 3 is 2.43 bits per heavy atom. The fraction of sp³-hybridized carbons (Fsp3) is 1.00. The summed E-state index contributed by atoms with van der Waals surface area (Å²) in [5.74, 6) is 0. The van der Waals surface area contributed by atoms with Gasteiger partial charge in [-0.05, 0) is 39.2 Å². The van der Waals surface area contributed by atoms with Crippen LogP contribution in [-0.4, -0.2) is 32.1 Å². The molecule has 84 valence electrons. The molecule has 0 aromatic rings. The molecule has 0 bridgehead atoms. The van der Waals surface area contributed by atoms with Crippen LogP contribution in [0.4, 0.5) is 0 Å². The van der Waals surface area contributed by atoms with Crippen LogP contribution in [0.15, 0.2) is 0 Å². The molecule has 0 heterocycles. The number of rotatable bonds is 6. The SMILES string of the molecule is CCNC1CCC(OCOCC)CC1. The van der Waals surface area contributed by atoms with Crippen molar-refractivity contribution in [1.82, 2.24) is 5.32 Å². The molecular weight excluding hydrogens is 178 g/mol. The van der Waals surface area contributed by atoms with Crippen molar-refractivity contribution in [3.05, 3.63) is 0 Å². The summed E-state index contributed by atoms with van der Waals surface area (Å²) >= 11 is 0. The van der Waals surface area contributed by atoms with Gasteiger partial charge in [-0.2, -0.15) is 0 Å². The Bertz CT molecular complexity index is 133. The maximum atomic E-state index is 5.60. The van der Waals surface area contributed by atoms with Gasteiger partial charge in [0.25, 0.3) is 0 Å². The van der Waals surface area contributed by atoms with Crippen LogP contribution < -0.4 is 5.32 Å². The first-order valence-corrected chi connectivity index (χ1v) is 5.79. The lowest BCUT2D eigenvalue weighted by Crippen LogP contribution is -2.35. The van der Waals surface area contributed by atoms with Crippen molar-refractivity contribution in [2.45, 2.75) is 51.7 Å². The van der Waals surface area contributed by atoms with Crippen LogP contribution in [0.3, 0.4) is 0 Å². The van der Waals surface area contributed by atoms with Crippen molar-refractivity contribution >= 4 is 0 Å². The Kier molecular flexibility index (Phi) is 6.15. The lowest BCUT2D eigenvalue weighted by Gasteiger charge is -2.28. The maximum absolute atomic E-state index is 5.60. The Labute approximate surface area is 87.2 Å². The van der Waals surface area contributed by atoms with E-state index in [4.69, 9.17) is 9.47 Å². The Balaban J connectivity index is 2.03. The van der Waals surface area contributed by atoms with E-state index in [9.17, 15) is 0 Å². The van der Waals surface area contributed by atoms with Gasteiger partial charge in [0, 0.05) is 12.6 Å². The molecule has 1 N–H and O–H groups in total. The zero-order valence-electron chi connectivity index (χ0n) is 9.42. The van der Waals surface area contributed by atoms with Gasteiger partial charge in [0.15, 0.2) is 0 Å². The summed E-state index contributed by atoms with van der Waals surface area (Å²) in [5.41, 5.74) is 0. The molecule has 0 radical (unpaired) electrons. The van der Waals surface area contributed by atoms with E-state index in [1.165, 1.54) is 25.7 Å². The molecule has 0 saturated heterocycles. The number of hydrogen-bond donors (Lipinski definition) is 1. The van der Waals surface area contributed by atoms with E-state index in [-0.39, 0.29) is 0 Å². The first-order valence-electron chi connectivity index (χ1n) is 5.79. The third-order valence-corrected chi connectivity index (χ3v) is 2.76. The fourth-order valence-electron chi connectivity index (χ4n) is 1.95. The Morgan fingerprint density at radius 2 is 1.86 bits per heavy atom. The Morgan fingerprint density at radius 1 is 1.14 bits per heavy atom. The Hall–Kier alpha value is -0.120. The number of nitrogens with one attached hydrogen (secondary N) is 1. The minimum atomic E-state index is 0.427. The lowest BCUT2D eigenvalue weighted by molar-refractivity contribution is -0.0968. The third kappa shape index (κ3) is 4.40. The predicted octanol–water partition coefficient (Wildman–Crippen LogP) is 1.92. The normalized spacial score (nSPS) is 27.9. The first-order chi connectivity index (χ1) is 6.86. The molecule has 1 saturated carbocycles. The second-order valence-electron chi connectivity index (χ2n) is 3.81. The zero-order chi connectivity index (χ0) is 10.2. The predicted molar refractivity (Wildman–Crippen MR) is 57.3 cm³/mol. The number of hydrogen-bond acceptors (Lipinski definition) is 3. The topological polar surface area (TPSA) is 30.5 Å². The van der Waals surface area contributed by atoms with Crippen LogP contribution in [0.5, 0.6) is 0 Å². The van der Waals surface area contributed by atoms with Gasteiger partial charge in [-0.3, -0.25) is 0 Å². The van der Waals surface area contributed by atoms with Crippen LogP contribution in [-0.2, 0) is 9.47 Å². The minimum Gasteiger partial charge on any atom is -0.356 e. The molecule has 0 atom stereocenters. The highest BCUT2D eigenvalue weighted by molar-refractivity contribution is 4.76. The second-order valence-corrected chi connectivity index (χ2v) is 3.81. The van der Waals surface area contributed by atoms with Crippen molar-refractivity contribution in [3.8, 4) is 0 Å². The van der Waals surface area contributed by atoms with Gasteiger partial charge in [0.05, 0.1) is 6.10 Å². The molecular formula is C11H23NO2. The quantitative estimate of drug-likeness (QED) is 0.526. The highest BCUT2D eigenvalue weighted by Gasteiger charge is 2.20. The largest absolute Gasteiger partial charge is 0.356 e. The van der Waals surface area contributed by atoms with E-state index in [0.29, 0.717) is 18.9 Å². The fourth-order valence-corrected chi connectivity index (χ4v) is 1.95. The van der Waals surface area contributed by atoms with E-state index in [2.05, 4.69) is 12.2 Å². The van der Waals surface area contributed by atoms with Crippen LogP contribution in [0.2, 0.25) is 0 Å². The van der Waals surface area contributed by atoms with Gasteiger partial charge in [-0.25, -0.2) is 0 Å². The second kappa shape index (κ2) is 7.21. The van der Waals surface area contributed by atoms with Crippen molar-refractivity contribution in [2.75, 3.05) is 19.9 Å². The summed E-state index contributed by atoms with van der Waals surface area (Å²) in [4.78, 5) is 0. The monoisotopic (exact) mass is 201 g/mol. The van der Waals surface area contributed by atoms with Gasteiger partial charge in [0.2, 0.25) is 0 Å². The number of ether oxygens (including phenoxy) is 2. The highest BCUT2D eigenvalue weighted by Crippen LogP contribution is 2.20. The minimum absolute atomic E-state index is 0.427. The molecule has 1 aliphatic rings. The highest BCUT2D eigenvalue weighted by atomic mass is 16.7. The lowest BCUT2D eigenvalue weighted by atomic mass is 9.93. The van der Waals surface area contributed by atoms with Crippen molar-refractivity contribution in [2.24, 2.45) is 0 Å². The molecule has 0 unspecified atom stereocenters. The van der Waals surface area contributed by atoms with E-state index in [1.54, 1.807) is 0 Å². The molecule has 3 nitrogen and oxygen atoms in total. The summed E-state index contributed by atoms with van der Waals surface area (Å²) in [5, 5.41) is 3.49. The standard InChI is InChI=1S/C11H23NO2/c1-3-12-10-5-7-11(8-6-10)14-9-13-4-2/h10-12H,3-9H2,1-2H3. The van der Waals surface area contributed by atoms with Crippen molar-refractivity contribution < 1.29 is 9.47 Å². The van der Waals surface area contributed by atoms with Gasteiger partial charge < -0.3 is 14.8 Å². The molecule has 1 aliphatic carbocycles. The molecule has 1 rings (SSSR count). The summed E-state index contributed by atoms with van der Waals surface area (Å²) in [7, 11) is 0. The molecule has 1 fully saturated rings. The van der Waals surface area contributed by atoms with E-state index in [1.807, 2.05) is 6.92 Å². The van der Waals surface area contributed by atoms with E-state index < -0.39 is 0 Å². The van der Waals surface area contributed by atoms with Gasteiger partial charge >= 0.3 is 0 Å². The average Bonchev–Trinajstić information content (AvgIpc) is 2.21. The van der Waals surface area contributed by atoms with Crippen LogP contribution in [0.25, 0.3) is 0 Å². The van der Waals surface area contributed by atoms with Gasteiger partial charge in [0.1, 0.15) is 6.79 Å². The molecule has 0 aliphatic heterocycles. The molecule has 0 spiro atoms. The third-order valence-electron chi connectivity index (χ3n) is 2.76. The van der Waals surface area contributed by atoms with E-state index in [0.717, 1.165) is 13.2 Å². The first kappa shape index (κ1) is 12.0. The van der Waals surface area contributed by atoms with E-state index >= 15 is 0 Å². The summed E-state index contributed by atoms with van der Waals surface area (Å²) in [6, 6.07) is 0.715. The molecule has 0 aromatic heterocycles. The van der Waals surface area contributed by atoms with Crippen LogP contribution in [0, 0.1) is 0 Å². The van der Waals surface area contributed by atoms with Gasteiger partial charge in [-0.1, -0.05) is 6.92 Å². The van der Waals surface area contributed by atoms with Gasteiger partial charge in [-0.15, -0.1) is 0 Å². The van der Waals surface area contributed by atoms with Crippen molar-refractivity contribution in [1.29, 1.82) is 0 Å². The van der Waals surface area contributed by atoms with Crippen molar-refractivity contribution in [3.63, 3.8) is 0 Å². The van der Waals surface area contributed by atoms with Crippen LogP contribution in [0.1, 0.15) is 39.5 Å². The molecule has 0 amide bonds. The molecule has 14 heavy (non-hydrogen) atoms. The summed E-state index contributed by atoms with van der Waals surface area (Å²) < 4.78 is 10.8. The zero-order valence-corrected chi connectivity index (χ0v) is 9.42. The average molecular weight is 201 g/mol. The molecule has 0 aromatic carbocycles. The van der Waals surface area contributed by atoms with Crippen LogP contribution >= 0.6 is 0 Å².